The highest BCUT2D eigenvalue weighted by Gasteiger charge is 2.12. The van der Waals surface area contributed by atoms with Crippen LogP contribution in [0.25, 0.3) is 0 Å². The minimum Gasteiger partial charge on any atom is -0.389 e. The fourth-order valence-electron chi connectivity index (χ4n) is 1.34. The molecule has 1 N–H and O–H groups in total. The van der Waals surface area contributed by atoms with Crippen LogP contribution in [-0.2, 0) is 0 Å². The zero-order valence-electron chi connectivity index (χ0n) is 9.17. The number of halogens is 1. The van der Waals surface area contributed by atoms with Crippen LogP contribution >= 0.6 is 23.4 Å². The van der Waals surface area contributed by atoms with Gasteiger partial charge in [-0.2, -0.15) is 0 Å². The summed E-state index contributed by atoms with van der Waals surface area (Å²) in [5.74, 6) is 0. The van der Waals surface area contributed by atoms with Crippen LogP contribution in [0.1, 0.15) is 18.6 Å². The minimum atomic E-state index is -0.561. The molecule has 2 aromatic rings. The molecular weight excluding hydrogens is 256 g/mol. The first-order valence-corrected chi connectivity index (χ1v) is 6.29. The summed E-state index contributed by atoms with van der Waals surface area (Å²) in [6.45, 7) is 1.71. The van der Waals surface area contributed by atoms with E-state index in [1.54, 1.807) is 37.5 Å². The predicted molar refractivity (Wildman–Crippen MR) is 68.2 cm³/mol. The highest BCUT2D eigenvalue weighted by molar-refractivity contribution is 7.99. The Balaban J connectivity index is 2.34. The summed E-state index contributed by atoms with van der Waals surface area (Å²) in [6.07, 6.45) is 2.80. The van der Waals surface area contributed by atoms with E-state index in [0.29, 0.717) is 10.0 Å². The molecule has 2 rings (SSSR count). The zero-order chi connectivity index (χ0) is 12.3. The molecule has 0 saturated carbocycles. The first-order valence-electron chi connectivity index (χ1n) is 5.10. The maximum absolute atomic E-state index is 9.65. The van der Waals surface area contributed by atoms with E-state index in [0.717, 1.165) is 10.6 Å². The van der Waals surface area contributed by atoms with Crippen molar-refractivity contribution in [1.82, 2.24) is 9.97 Å². The van der Waals surface area contributed by atoms with Crippen molar-refractivity contribution in [1.29, 1.82) is 0 Å². The third-order valence-electron chi connectivity index (χ3n) is 2.17. The number of hydrogen-bond acceptors (Lipinski definition) is 4. The first kappa shape index (κ1) is 12.4. The quantitative estimate of drug-likeness (QED) is 0.926. The van der Waals surface area contributed by atoms with Crippen molar-refractivity contribution in [3.8, 4) is 0 Å². The van der Waals surface area contributed by atoms with E-state index < -0.39 is 6.10 Å². The summed E-state index contributed by atoms with van der Waals surface area (Å²) in [5, 5.41) is 11.6. The SMILES string of the molecule is CC(O)c1cccnc1Sc1ncccc1Cl. The van der Waals surface area contributed by atoms with Crippen molar-refractivity contribution in [2.24, 2.45) is 0 Å². The van der Waals surface area contributed by atoms with Crippen LogP contribution in [0.3, 0.4) is 0 Å². The van der Waals surface area contributed by atoms with Crippen LogP contribution in [0.5, 0.6) is 0 Å². The Labute approximate surface area is 109 Å². The van der Waals surface area contributed by atoms with Crippen LogP contribution in [0.15, 0.2) is 46.7 Å². The van der Waals surface area contributed by atoms with Gasteiger partial charge in [0.15, 0.2) is 0 Å². The summed E-state index contributed by atoms with van der Waals surface area (Å²) in [6, 6.07) is 7.20. The average Bonchev–Trinajstić information content (AvgIpc) is 2.32. The minimum absolute atomic E-state index is 0.561. The molecule has 2 heterocycles. The van der Waals surface area contributed by atoms with E-state index in [9.17, 15) is 5.11 Å². The van der Waals surface area contributed by atoms with Gasteiger partial charge in [0.1, 0.15) is 10.1 Å². The molecule has 0 saturated heterocycles. The lowest BCUT2D eigenvalue weighted by Crippen LogP contribution is -1.96. The molecule has 0 aliphatic heterocycles. The Morgan fingerprint density at radius 1 is 1.18 bits per heavy atom. The van der Waals surface area contributed by atoms with E-state index in [1.165, 1.54) is 11.8 Å². The number of aliphatic hydroxyl groups is 1. The standard InChI is InChI=1S/C12H11ClN2OS/c1-8(16)9-4-2-6-14-11(9)17-12-10(13)5-3-7-15-12/h2-8,16H,1H3. The average molecular weight is 267 g/mol. The highest BCUT2D eigenvalue weighted by atomic mass is 35.5. The zero-order valence-corrected chi connectivity index (χ0v) is 10.7. The third kappa shape index (κ3) is 2.97. The summed E-state index contributed by atoms with van der Waals surface area (Å²) < 4.78 is 0. The number of pyridine rings is 2. The van der Waals surface area contributed by atoms with Gasteiger partial charge in [-0.3, -0.25) is 0 Å². The lowest BCUT2D eigenvalue weighted by Gasteiger charge is -2.10. The van der Waals surface area contributed by atoms with Crippen molar-refractivity contribution >= 4 is 23.4 Å². The van der Waals surface area contributed by atoms with Crippen LogP contribution in [-0.4, -0.2) is 15.1 Å². The van der Waals surface area contributed by atoms with E-state index >= 15 is 0 Å². The van der Waals surface area contributed by atoms with Gasteiger partial charge in [0.2, 0.25) is 0 Å². The van der Waals surface area contributed by atoms with E-state index in [-0.39, 0.29) is 0 Å². The van der Waals surface area contributed by atoms with Gasteiger partial charge in [0, 0.05) is 18.0 Å². The number of hydrogen-bond donors (Lipinski definition) is 1. The van der Waals surface area contributed by atoms with Crippen molar-refractivity contribution in [2.45, 2.75) is 23.1 Å². The number of nitrogens with zero attached hydrogens (tertiary/aromatic N) is 2. The fourth-order valence-corrected chi connectivity index (χ4v) is 2.51. The van der Waals surface area contributed by atoms with Gasteiger partial charge in [-0.05, 0) is 36.9 Å². The smallest absolute Gasteiger partial charge is 0.121 e. The highest BCUT2D eigenvalue weighted by Crippen LogP contribution is 2.33. The van der Waals surface area contributed by atoms with Gasteiger partial charge in [0.05, 0.1) is 11.1 Å². The van der Waals surface area contributed by atoms with Crippen LogP contribution in [0.4, 0.5) is 0 Å². The van der Waals surface area contributed by atoms with Crippen molar-refractivity contribution in [3.05, 3.63) is 47.2 Å². The Morgan fingerprint density at radius 3 is 2.47 bits per heavy atom. The van der Waals surface area contributed by atoms with Crippen molar-refractivity contribution in [2.75, 3.05) is 0 Å². The lowest BCUT2D eigenvalue weighted by atomic mass is 10.2. The third-order valence-corrected chi connectivity index (χ3v) is 3.64. The molecule has 17 heavy (non-hydrogen) atoms. The Bertz CT molecular complexity index is 519. The Morgan fingerprint density at radius 2 is 1.82 bits per heavy atom. The lowest BCUT2D eigenvalue weighted by molar-refractivity contribution is 0.195. The molecule has 3 nitrogen and oxygen atoms in total. The molecule has 88 valence electrons. The second-order valence-corrected chi connectivity index (χ2v) is 4.85. The second-order valence-electron chi connectivity index (χ2n) is 3.47. The molecule has 0 bridgehead atoms. The molecule has 0 fully saturated rings. The maximum atomic E-state index is 9.65. The molecule has 0 radical (unpaired) electrons. The predicted octanol–water partition coefficient (Wildman–Crippen LogP) is 3.33. The second kappa shape index (κ2) is 5.49. The van der Waals surface area contributed by atoms with Gasteiger partial charge in [-0.15, -0.1) is 0 Å². The number of aromatic nitrogens is 2. The summed E-state index contributed by atoms with van der Waals surface area (Å²) in [4.78, 5) is 8.42. The topological polar surface area (TPSA) is 46.0 Å². The molecule has 0 aromatic carbocycles. The Kier molecular flexibility index (Phi) is 3.99. The molecular formula is C12H11ClN2OS. The molecule has 0 amide bonds. The number of rotatable bonds is 3. The van der Waals surface area contributed by atoms with Gasteiger partial charge in [-0.25, -0.2) is 9.97 Å². The molecule has 0 spiro atoms. The normalized spacial score (nSPS) is 12.4. The molecule has 1 atom stereocenters. The van der Waals surface area contributed by atoms with E-state index in [4.69, 9.17) is 11.6 Å². The molecule has 5 heteroatoms. The van der Waals surface area contributed by atoms with Gasteiger partial charge in [0.25, 0.3) is 0 Å². The van der Waals surface area contributed by atoms with Gasteiger partial charge < -0.3 is 5.11 Å². The monoisotopic (exact) mass is 266 g/mol. The van der Waals surface area contributed by atoms with Crippen LogP contribution in [0.2, 0.25) is 5.02 Å². The molecule has 2 aromatic heterocycles. The van der Waals surface area contributed by atoms with Gasteiger partial charge >= 0.3 is 0 Å². The van der Waals surface area contributed by atoms with Crippen molar-refractivity contribution < 1.29 is 5.11 Å². The van der Waals surface area contributed by atoms with Gasteiger partial charge in [-0.1, -0.05) is 17.7 Å². The maximum Gasteiger partial charge on any atom is 0.121 e. The van der Waals surface area contributed by atoms with E-state index in [2.05, 4.69) is 9.97 Å². The molecule has 1 unspecified atom stereocenters. The van der Waals surface area contributed by atoms with Crippen molar-refractivity contribution in [3.63, 3.8) is 0 Å². The Hall–Kier alpha value is -1.10. The molecule has 0 aliphatic carbocycles. The summed E-state index contributed by atoms with van der Waals surface area (Å²) >= 11 is 7.39. The summed E-state index contributed by atoms with van der Waals surface area (Å²) in [7, 11) is 0. The van der Waals surface area contributed by atoms with Crippen LogP contribution < -0.4 is 0 Å². The summed E-state index contributed by atoms with van der Waals surface area (Å²) in [5.41, 5.74) is 0.777. The number of aliphatic hydroxyl groups excluding tert-OH is 1. The first-order chi connectivity index (χ1) is 8.18. The molecule has 0 aliphatic rings. The fraction of sp³-hybridized carbons (Fsp3) is 0.167. The van der Waals surface area contributed by atoms with Crippen LogP contribution in [0, 0.1) is 0 Å². The largest absolute Gasteiger partial charge is 0.389 e. The van der Waals surface area contributed by atoms with E-state index in [1.807, 2.05) is 6.07 Å².